The largest absolute Gasteiger partial charge is 0.396 e. The van der Waals surface area contributed by atoms with E-state index in [1.165, 1.54) is 31.5 Å². The highest BCUT2D eigenvalue weighted by atomic mass is 32.2. The van der Waals surface area contributed by atoms with Crippen LogP contribution in [0.2, 0.25) is 0 Å². The van der Waals surface area contributed by atoms with Crippen LogP contribution < -0.4 is 5.73 Å². The van der Waals surface area contributed by atoms with Crippen molar-refractivity contribution in [1.29, 1.82) is 0 Å². The van der Waals surface area contributed by atoms with Gasteiger partial charge in [-0.05, 0) is 25.7 Å². The van der Waals surface area contributed by atoms with Crippen molar-refractivity contribution in [3.63, 3.8) is 0 Å². The Labute approximate surface area is 121 Å². The van der Waals surface area contributed by atoms with Crippen molar-refractivity contribution in [2.75, 3.05) is 11.5 Å². The molecule has 2 aromatic heterocycles. The quantitative estimate of drug-likeness (QED) is 0.824. The first-order valence-electron chi connectivity index (χ1n) is 7.17. The van der Waals surface area contributed by atoms with E-state index in [1.54, 1.807) is 18.0 Å². The molecule has 106 valence electrons. The molecule has 2 aromatic rings. The van der Waals surface area contributed by atoms with Gasteiger partial charge in [0.1, 0.15) is 5.82 Å². The van der Waals surface area contributed by atoms with Gasteiger partial charge in [-0.15, -0.1) is 10.2 Å². The zero-order chi connectivity index (χ0) is 13.5. The Balaban J connectivity index is 1.43. The van der Waals surface area contributed by atoms with Crippen LogP contribution in [-0.2, 0) is 6.54 Å². The second kappa shape index (κ2) is 4.80. The smallest absolute Gasteiger partial charge is 0.191 e. The molecule has 0 radical (unpaired) electrons. The molecule has 0 saturated heterocycles. The number of hydrogen-bond acceptors (Lipinski definition) is 5. The molecule has 6 nitrogen and oxygen atoms in total. The third-order valence-corrected chi connectivity index (χ3v) is 4.67. The zero-order valence-corrected chi connectivity index (χ0v) is 12.1. The topological polar surface area (TPSA) is 74.6 Å². The molecule has 20 heavy (non-hydrogen) atoms. The molecule has 2 aliphatic carbocycles. The average molecular weight is 290 g/mol. The van der Waals surface area contributed by atoms with Crippen molar-refractivity contribution in [1.82, 2.24) is 24.5 Å². The van der Waals surface area contributed by atoms with Crippen molar-refractivity contribution in [2.45, 2.75) is 49.3 Å². The number of aromatic nitrogens is 5. The molecule has 0 aliphatic heterocycles. The van der Waals surface area contributed by atoms with Crippen molar-refractivity contribution >= 4 is 17.4 Å². The number of nitrogens with zero attached hydrogens (tertiary/aromatic N) is 5. The van der Waals surface area contributed by atoms with Gasteiger partial charge >= 0.3 is 0 Å². The molecule has 2 heterocycles. The Kier molecular flexibility index (Phi) is 2.94. The van der Waals surface area contributed by atoms with Crippen LogP contribution in [0.4, 0.5) is 5.69 Å². The van der Waals surface area contributed by atoms with Crippen LogP contribution in [0.25, 0.3) is 0 Å². The van der Waals surface area contributed by atoms with Crippen molar-refractivity contribution in [3.8, 4) is 0 Å². The number of aryl methyl sites for hydroxylation is 1. The van der Waals surface area contributed by atoms with Crippen LogP contribution >= 0.6 is 11.8 Å². The predicted molar refractivity (Wildman–Crippen MR) is 77.6 cm³/mol. The normalized spacial score (nSPS) is 18.6. The monoisotopic (exact) mass is 290 g/mol. The first kappa shape index (κ1) is 12.3. The molecule has 0 aromatic carbocycles. The van der Waals surface area contributed by atoms with Gasteiger partial charge in [0.05, 0.1) is 18.4 Å². The molecular weight excluding hydrogens is 272 g/mol. The zero-order valence-electron chi connectivity index (χ0n) is 11.3. The van der Waals surface area contributed by atoms with Gasteiger partial charge in [0.25, 0.3) is 0 Å². The van der Waals surface area contributed by atoms with E-state index in [2.05, 4.69) is 19.9 Å². The van der Waals surface area contributed by atoms with Gasteiger partial charge in [0.2, 0.25) is 0 Å². The number of anilines is 1. The van der Waals surface area contributed by atoms with Crippen LogP contribution in [0.5, 0.6) is 0 Å². The predicted octanol–water partition coefficient (Wildman–Crippen LogP) is 2.06. The van der Waals surface area contributed by atoms with Gasteiger partial charge in [-0.3, -0.25) is 4.68 Å². The third kappa shape index (κ3) is 2.42. The lowest BCUT2D eigenvalue weighted by Gasteiger charge is -2.07. The fourth-order valence-electron chi connectivity index (χ4n) is 2.41. The first-order valence-corrected chi connectivity index (χ1v) is 8.15. The Morgan fingerprint density at radius 3 is 2.75 bits per heavy atom. The van der Waals surface area contributed by atoms with E-state index in [1.807, 2.05) is 10.9 Å². The van der Waals surface area contributed by atoms with Crippen molar-refractivity contribution in [3.05, 3.63) is 18.2 Å². The van der Waals surface area contributed by atoms with Crippen LogP contribution in [0, 0.1) is 0 Å². The lowest BCUT2D eigenvalue weighted by molar-refractivity contribution is 0.624. The summed E-state index contributed by atoms with van der Waals surface area (Å²) in [6.45, 7) is 0.845. The minimum absolute atomic E-state index is 0.656. The van der Waals surface area contributed by atoms with E-state index < -0.39 is 0 Å². The summed E-state index contributed by atoms with van der Waals surface area (Å²) >= 11 is 1.77. The van der Waals surface area contributed by atoms with Crippen molar-refractivity contribution in [2.24, 2.45) is 0 Å². The molecule has 2 saturated carbocycles. The summed E-state index contributed by atoms with van der Waals surface area (Å²) < 4.78 is 4.27. The number of hydrogen-bond donors (Lipinski definition) is 1. The first-order chi connectivity index (χ1) is 9.81. The number of nitrogens with two attached hydrogens (primary N) is 1. The van der Waals surface area contributed by atoms with E-state index in [-0.39, 0.29) is 0 Å². The number of nitrogen functional groups attached to an aromatic ring is 1. The minimum atomic E-state index is 0.656. The SMILES string of the molecule is Nc1cnn(CCSc2nnc(C3CC3)n2C2CC2)c1. The Hall–Kier alpha value is -1.50. The van der Waals surface area contributed by atoms with Crippen molar-refractivity contribution < 1.29 is 0 Å². The molecule has 2 N–H and O–H groups in total. The Morgan fingerprint density at radius 1 is 1.25 bits per heavy atom. The van der Waals surface area contributed by atoms with Gasteiger partial charge in [-0.2, -0.15) is 5.10 Å². The molecule has 0 spiro atoms. The molecule has 2 aliphatic rings. The van der Waals surface area contributed by atoms with E-state index in [4.69, 9.17) is 5.73 Å². The van der Waals surface area contributed by atoms with Crippen LogP contribution in [0.1, 0.15) is 43.5 Å². The average Bonchev–Trinajstić information content (AvgIpc) is 3.36. The third-order valence-electron chi connectivity index (χ3n) is 3.75. The summed E-state index contributed by atoms with van der Waals surface area (Å²) in [7, 11) is 0. The molecule has 0 bridgehead atoms. The fraction of sp³-hybridized carbons (Fsp3) is 0.615. The van der Waals surface area contributed by atoms with Crippen LogP contribution in [0.15, 0.2) is 17.6 Å². The highest BCUT2D eigenvalue weighted by Crippen LogP contribution is 2.45. The summed E-state index contributed by atoms with van der Waals surface area (Å²) in [5.41, 5.74) is 6.38. The van der Waals surface area contributed by atoms with E-state index >= 15 is 0 Å². The molecular formula is C13H18N6S. The second-order valence-corrected chi connectivity index (χ2v) is 6.66. The number of thioether (sulfide) groups is 1. The lowest BCUT2D eigenvalue weighted by atomic mass is 10.4. The summed E-state index contributed by atoms with van der Waals surface area (Å²) in [5.74, 6) is 2.83. The summed E-state index contributed by atoms with van der Waals surface area (Å²) in [6, 6.07) is 0.656. The van der Waals surface area contributed by atoms with E-state index in [0.717, 1.165) is 17.5 Å². The minimum Gasteiger partial charge on any atom is -0.396 e. The van der Waals surface area contributed by atoms with Gasteiger partial charge < -0.3 is 10.3 Å². The summed E-state index contributed by atoms with van der Waals surface area (Å²) in [5, 5.41) is 14.1. The maximum atomic E-state index is 5.66. The molecule has 0 amide bonds. The van der Waals surface area contributed by atoms with Gasteiger partial charge in [0.15, 0.2) is 5.16 Å². The van der Waals surface area contributed by atoms with Gasteiger partial charge in [-0.25, -0.2) is 0 Å². The summed E-state index contributed by atoms with van der Waals surface area (Å²) in [4.78, 5) is 0. The molecule has 7 heteroatoms. The highest BCUT2D eigenvalue weighted by molar-refractivity contribution is 7.99. The number of rotatable bonds is 6. The Morgan fingerprint density at radius 2 is 2.10 bits per heavy atom. The van der Waals surface area contributed by atoms with Gasteiger partial charge in [-0.1, -0.05) is 11.8 Å². The molecule has 2 fully saturated rings. The van der Waals surface area contributed by atoms with E-state index in [9.17, 15) is 0 Å². The van der Waals surface area contributed by atoms with Gasteiger partial charge in [0, 0.05) is 23.9 Å². The van der Waals surface area contributed by atoms with E-state index in [0.29, 0.717) is 17.6 Å². The van der Waals surface area contributed by atoms with Crippen LogP contribution in [0.3, 0.4) is 0 Å². The molecule has 0 unspecified atom stereocenters. The Bertz CT molecular complexity index is 610. The lowest BCUT2D eigenvalue weighted by Crippen LogP contribution is -2.04. The molecule has 0 atom stereocenters. The molecule has 4 rings (SSSR count). The fourth-order valence-corrected chi connectivity index (χ4v) is 3.36. The summed E-state index contributed by atoms with van der Waals surface area (Å²) in [6.07, 6.45) is 8.66. The highest BCUT2D eigenvalue weighted by Gasteiger charge is 2.36. The maximum absolute atomic E-state index is 5.66. The van der Waals surface area contributed by atoms with Crippen LogP contribution in [-0.4, -0.2) is 30.3 Å². The standard InChI is InChI=1S/C13H18N6S/c14-10-7-15-18(8-10)5-6-20-13-17-16-12(9-1-2-9)19(13)11-3-4-11/h7-9,11H,1-6,14H2. The second-order valence-electron chi connectivity index (χ2n) is 5.60. The maximum Gasteiger partial charge on any atom is 0.191 e.